The molecule has 0 spiro atoms. The topological polar surface area (TPSA) is 56.8 Å². The number of nitrogens with one attached hydrogen (secondary N) is 1. The van der Waals surface area contributed by atoms with E-state index in [-0.39, 0.29) is 11.3 Å². The molecule has 1 aromatic carbocycles. The summed E-state index contributed by atoms with van der Waals surface area (Å²) in [5.74, 6) is 0.971. The number of methoxy groups -OCH3 is 3. The van der Waals surface area contributed by atoms with Gasteiger partial charge in [0.05, 0.1) is 32.3 Å². The number of hydrogen-bond acceptors (Lipinski definition) is 4. The maximum absolute atomic E-state index is 12.2. The number of carbonyl (C=O) groups excluding carboxylic acids is 1. The van der Waals surface area contributed by atoms with Gasteiger partial charge in [-0.15, -0.1) is 11.6 Å². The number of ether oxygens (including phenoxy) is 3. The first-order valence-electron chi connectivity index (χ1n) is 6.30. The Labute approximate surface area is 124 Å². The smallest absolute Gasteiger partial charge is 0.255 e. The molecule has 1 amide bonds. The van der Waals surface area contributed by atoms with Gasteiger partial charge in [0, 0.05) is 6.54 Å². The van der Waals surface area contributed by atoms with Crippen molar-refractivity contribution in [1.82, 2.24) is 5.32 Å². The molecule has 0 aromatic heterocycles. The molecular weight excluding hydrogens is 282 g/mol. The lowest BCUT2D eigenvalue weighted by molar-refractivity contribution is 0.0949. The maximum atomic E-state index is 12.2. The molecule has 0 aliphatic rings. The van der Waals surface area contributed by atoms with E-state index in [1.54, 1.807) is 12.1 Å². The van der Waals surface area contributed by atoms with Crippen LogP contribution in [0.4, 0.5) is 0 Å². The number of benzene rings is 1. The van der Waals surface area contributed by atoms with E-state index in [2.05, 4.69) is 5.32 Å². The molecule has 0 fully saturated rings. The van der Waals surface area contributed by atoms with Crippen LogP contribution in [0.2, 0.25) is 0 Å². The second kappa shape index (κ2) is 7.85. The van der Waals surface area contributed by atoms with Gasteiger partial charge in [0.2, 0.25) is 5.75 Å². The van der Waals surface area contributed by atoms with Gasteiger partial charge in [-0.25, -0.2) is 0 Å². The molecule has 5 nitrogen and oxygen atoms in total. The van der Waals surface area contributed by atoms with E-state index in [1.807, 2.05) is 6.92 Å². The minimum Gasteiger partial charge on any atom is -0.493 e. The van der Waals surface area contributed by atoms with Crippen LogP contribution in [-0.4, -0.2) is 39.2 Å². The summed E-state index contributed by atoms with van der Waals surface area (Å²) < 4.78 is 15.7. The first kappa shape index (κ1) is 16.4. The molecule has 20 heavy (non-hydrogen) atoms. The van der Waals surface area contributed by atoms with Crippen LogP contribution in [0.15, 0.2) is 12.1 Å². The normalized spacial score (nSPS) is 11.7. The van der Waals surface area contributed by atoms with Gasteiger partial charge in [0.25, 0.3) is 5.91 Å². The minimum absolute atomic E-state index is 0.0925. The summed E-state index contributed by atoms with van der Waals surface area (Å²) >= 11 is 5.99. The van der Waals surface area contributed by atoms with Crippen LogP contribution in [0.25, 0.3) is 0 Å². The highest BCUT2D eigenvalue weighted by atomic mass is 35.5. The quantitative estimate of drug-likeness (QED) is 0.786. The summed E-state index contributed by atoms with van der Waals surface area (Å²) in [6, 6.07) is 3.29. The Bertz CT molecular complexity index is 465. The van der Waals surface area contributed by atoms with Crippen LogP contribution in [-0.2, 0) is 0 Å². The Hall–Kier alpha value is -1.62. The lowest BCUT2D eigenvalue weighted by atomic mass is 10.1. The van der Waals surface area contributed by atoms with Crippen LogP contribution >= 0.6 is 11.6 Å². The van der Waals surface area contributed by atoms with Crippen molar-refractivity contribution >= 4 is 17.5 Å². The van der Waals surface area contributed by atoms with Crippen LogP contribution in [0.1, 0.15) is 23.7 Å². The molecule has 0 saturated carbocycles. The van der Waals surface area contributed by atoms with E-state index in [1.165, 1.54) is 21.3 Å². The van der Waals surface area contributed by atoms with Gasteiger partial charge in [0.15, 0.2) is 11.5 Å². The fourth-order valence-corrected chi connectivity index (χ4v) is 1.80. The zero-order chi connectivity index (χ0) is 15.1. The Morgan fingerprint density at radius 2 is 1.85 bits per heavy atom. The number of hydrogen-bond donors (Lipinski definition) is 1. The standard InChI is InChI=1S/C14H20ClNO4/c1-5-9(15)8-16-14(17)10-6-7-11(18-2)13(20-4)12(10)19-3/h6-7,9H,5,8H2,1-4H3,(H,16,17). The number of halogens is 1. The van der Waals surface area contributed by atoms with E-state index < -0.39 is 0 Å². The highest BCUT2D eigenvalue weighted by molar-refractivity contribution is 6.20. The summed E-state index contributed by atoms with van der Waals surface area (Å²) in [5, 5.41) is 2.67. The monoisotopic (exact) mass is 301 g/mol. The van der Waals surface area contributed by atoms with Gasteiger partial charge in [0.1, 0.15) is 0 Å². The van der Waals surface area contributed by atoms with Crippen molar-refractivity contribution in [3.05, 3.63) is 17.7 Å². The number of rotatable bonds is 7. The van der Waals surface area contributed by atoms with Crippen molar-refractivity contribution in [2.45, 2.75) is 18.7 Å². The molecule has 1 N–H and O–H groups in total. The Morgan fingerprint density at radius 1 is 1.20 bits per heavy atom. The summed E-state index contributed by atoms with van der Waals surface area (Å²) in [7, 11) is 4.49. The van der Waals surface area contributed by atoms with Gasteiger partial charge in [-0.3, -0.25) is 4.79 Å². The van der Waals surface area contributed by atoms with Crippen LogP contribution < -0.4 is 19.5 Å². The first-order valence-corrected chi connectivity index (χ1v) is 6.73. The van der Waals surface area contributed by atoms with Crippen molar-refractivity contribution in [1.29, 1.82) is 0 Å². The molecule has 0 heterocycles. The molecule has 0 radical (unpaired) electrons. The molecular formula is C14H20ClNO4. The zero-order valence-electron chi connectivity index (χ0n) is 12.2. The molecule has 1 rings (SSSR count). The van der Waals surface area contributed by atoms with Gasteiger partial charge >= 0.3 is 0 Å². The van der Waals surface area contributed by atoms with Crippen LogP contribution in [0.5, 0.6) is 17.2 Å². The Kier molecular flexibility index (Phi) is 6.45. The average molecular weight is 302 g/mol. The van der Waals surface area contributed by atoms with Crippen molar-refractivity contribution in [2.24, 2.45) is 0 Å². The minimum atomic E-state index is -0.262. The van der Waals surface area contributed by atoms with E-state index in [9.17, 15) is 4.79 Å². The van der Waals surface area contributed by atoms with Crippen LogP contribution in [0, 0.1) is 0 Å². The second-order valence-corrected chi connectivity index (χ2v) is 4.71. The summed E-state index contributed by atoms with van der Waals surface area (Å²) in [6.07, 6.45) is 0.783. The molecule has 1 aromatic rings. The third-order valence-corrected chi connectivity index (χ3v) is 3.34. The third-order valence-electron chi connectivity index (χ3n) is 2.88. The van der Waals surface area contributed by atoms with Gasteiger partial charge in [-0.1, -0.05) is 6.92 Å². The number of carbonyl (C=O) groups is 1. The third kappa shape index (κ3) is 3.70. The van der Waals surface area contributed by atoms with Gasteiger partial charge in [-0.2, -0.15) is 0 Å². The highest BCUT2D eigenvalue weighted by Gasteiger charge is 2.20. The molecule has 0 aliphatic heterocycles. The zero-order valence-corrected chi connectivity index (χ0v) is 12.9. The van der Waals surface area contributed by atoms with E-state index in [0.29, 0.717) is 29.4 Å². The largest absolute Gasteiger partial charge is 0.493 e. The molecule has 0 aliphatic carbocycles. The maximum Gasteiger partial charge on any atom is 0.255 e. The highest BCUT2D eigenvalue weighted by Crippen LogP contribution is 2.39. The van der Waals surface area contributed by atoms with E-state index in [0.717, 1.165) is 6.42 Å². The van der Waals surface area contributed by atoms with Gasteiger partial charge < -0.3 is 19.5 Å². The second-order valence-electron chi connectivity index (χ2n) is 4.10. The SMILES string of the molecule is CCC(Cl)CNC(=O)c1ccc(OC)c(OC)c1OC. The van der Waals surface area contributed by atoms with E-state index in [4.69, 9.17) is 25.8 Å². The summed E-state index contributed by atoms with van der Waals surface area (Å²) in [6.45, 7) is 2.36. The molecule has 1 atom stereocenters. The molecule has 0 bridgehead atoms. The Balaban J connectivity index is 3.02. The summed E-state index contributed by atoms with van der Waals surface area (Å²) in [5.41, 5.74) is 0.380. The summed E-state index contributed by atoms with van der Waals surface area (Å²) in [4.78, 5) is 12.2. The van der Waals surface area contributed by atoms with Crippen molar-refractivity contribution in [2.75, 3.05) is 27.9 Å². The fourth-order valence-electron chi connectivity index (χ4n) is 1.72. The molecule has 1 unspecified atom stereocenters. The first-order chi connectivity index (χ1) is 9.58. The number of amides is 1. The average Bonchev–Trinajstić information content (AvgIpc) is 2.50. The van der Waals surface area contributed by atoms with Crippen LogP contribution in [0.3, 0.4) is 0 Å². The van der Waals surface area contributed by atoms with Crippen molar-refractivity contribution in [3.63, 3.8) is 0 Å². The fraction of sp³-hybridized carbons (Fsp3) is 0.500. The van der Waals surface area contributed by atoms with Gasteiger partial charge in [-0.05, 0) is 18.6 Å². The molecule has 0 saturated heterocycles. The Morgan fingerprint density at radius 3 is 2.35 bits per heavy atom. The van der Waals surface area contributed by atoms with E-state index >= 15 is 0 Å². The molecule has 6 heteroatoms. The lowest BCUT2D eigenvalue weighted by Crippen LogP contribution is -2.29. The van der Waals surface area contributed by atoms with Crippen molar-refractivity contribution < 1.29 is 19.0 Å². The lowest BCUT2D eigenvalue weighted by Gasteiger charge is -2.16. The number of alkyl halides is 1. The predicted octanol–water partition coefficient (Wildman–Crippen LogP) is 2.46. The predicted molar refractivity (Wildman–Crippen MR) is 78.4 cm³/mol. The molecule has 112 valence electrons. The van der Waals surface area contributed by atoms with Crippen molar-refractivity contribution in [3.8, 4) is 17.2 Å².